The number of ether oxygens (including phenoxy) is 1. The minimum absolute atomic E-state index is 0. The molecule has 0 aromatic heterocycles. The maximum absolute atomic E-state index is 8.74. The fourth-order valence-electron chi connectivity index (χ4n) is 0.621. The van der Waals surface area contributed by atoms with Crippen molar-refractivity contribution < 1.29 is 22.3 Å². The van der Waals surface area contributed by atoms with E-state index >= 15 is 0 Å². The minimum Gasteiger partial charge on any atom is -0.377 e. The van der Waals surface area contributed by atoms with Gasteiger partial charge < -0.3 is 17.0 Å². The highest BCUT2D eigenvalue weighted by Crippen LogP contribution is 1.93. The highest BCUT2D eigenvalue weighted by atomic mass is 32.3. The van der Waals surface area contributed by atoms with E-state index in [9.17, 15) is 0 Å². The van der Waals surface area contributed by atoms with Crippen LogP contribution in [0.5, 0.6) is 0 Å². The van der Waals surface area contributed by atoms with Crippen LogP contribution in [0.3, 0.4) is 0 Å². The Morgan fingerprint density at radius 2 is 1.69 bits per heavy atom. The molecule has 102 valence electrons. The fourth-order valence-corrected chi connectivity index (χ4v) is 0.621. The third-order valence-electron chi connectivity index (χ3n) is 1.13. The van der Waals surface area contributed by atoms with Crippen LogP contribution in [0, 0.1) is 0 Å². The molecule has 0 aliphatic carbocycles. The second-order valence-corrected chi connectivity index (χ2v) is 3.41. The van der Waals surface area contributed by atoms with Crippen LogP contribution < -0.4 is 12.3 Å². The molecule has 8 N–H and O–H groups in total. The molecule has 0 aromatic rings. The molecular formula is C8H24N2O5S. The number of rotatable bonds is 6. The van der Waals surface area contributed by atoms with Crippen molar-refractivity contribution in [3.05, 3.63) is 12.7 Å². The van der Waals surface area contributed by atoms with Crippen LogP contribution >= 0.6 is 0 Å². The molecule has 0 spiro atoms. The first-order chi connectivity index (χ1) is 6.41. The van der Waals surface area contributed by atoms with Crippen molar-refractivity contribution in [1.29, 1.82) is 0 Å². The van der Waals surface area contributed by atoms with E-state index < -0.39 is 10.4 Å². The summed E-state index contributed by atoms with van der Waals surface area (Å²) in [6, 6.07) is 0. The van der Waals surface area contributed by atoms with E-state index in [-0.39, 0.29) is 12.3 Å². The lowest BCUT2D eigenvalue weighted by molar-refractivity contribution is 0.158. The van der Waals surface area contributed by atoms with Gasteiger partial charge in [0, 0.05) is 6.61 Å². The number of unbranched alkanes of at least 4 members (excludes halogenated alkanes) is 2. The molecule has 8 heteroatoms. The van der Waals surface area contributed by atoms with Crippen molar-refractivity contribution in [3.63, 3.8) is 0 Å². The summed E-state index contributed by atoms with van der Waals surface area (Å²) in [4.78, 5) is 0. The first kappa shape index (κ1) is 24.6. The van der Waals surface area contributed by atoms with Crippen molar-refractivity contribution in [2.24, 2.45) is 0 Å². The van der Waals surface area contributed by atoms with Crippen LogP contribution in [-0.2, 0) is 15.1 Å². The third kappa shape index (κ3) is 69.8. The van der Waals surface area contributed by atoms with Gasteiger partial charge in [0.15, 0.2) is 0 Å². The topological polar surface area (TPSA) is 154 Å². The SMILES string of the molecule is C=CCOCCCCC.N.N.O=S(=O)(O)O. The zero-order valence-electron chi connectivity index (χ0n) is 9.76. The van der Waals surface area contributed by atoms with Gasteiger partial charge in [-0.15, -0.1) is 6.58 Å². The molecule has 0 aliphatic heterocycles. The standard InChI is InChI=1S/C8H16O.2H3N.H2O4S/c1-3-5-6-8-9-7-4-2;;;1-5(2,3)4/h4H,2-3,5-8H2,1H3;2*1H3;(H2,1,2,3,4). The maximum Gasteiger partial charge on any atom is 0.394 e. The molecule has 0 amide bonds. The van der Waals surface area contributed by atoms with E-state index in [0.717, 1.165) is 6.61 Å². The van der Waals surface area contributed by atoms with Crippen molar-refractivity contribution >= 4 is 10.4 Å². The van der Waals surface area contributed by atoms with Gasteiger partial charge in [-0.2, -0.15) is 8.42 Å². The average Bonchev–Trinajstić information content (AvgIpc) is 2.01. The van der Waals surface area contributed by atoms with Gasteiger partial charge in [0.2, 0.25) is 0 Å². The largest absolute Gasteiger partial charge is 0.394 e. The maximum atomic E-state index is 8.74. The normalized spacial score (nSPS) is 8.94. The average molecular weight is 260 g/mol. The van der Waals surface area contributed by atoms with Gasteiger partial charge in [0.05, 0.1) is 6.61 Å². The van der Waals surface area contributed by atoms with E-state index in [1.807, 2.05) is 0 Å². The summed E-state index contributed by atoms with van der Waals surface area (Å²) >= 11 is 0. The molecule has 0 rings (SSSR count). The molecule has 0 radical (unpaired) electrons. The monoisotopic (exact) mass is 260 g/mol. The Labute approximate surface area is 97.6 Å². The smallest absolute Gasteiger partial charge is 0.377 e. The molecule has 0 saturated carbocycles. The second kappa shape index (κ2) is 16.9. The van der Waals surface area contributed by atoms with Crippen molar-refractivity contribution in [3.8, 4) is 0 Å². The van der Waals surface area contributed by atoms with Crippen molar-refractivity contribution in [1.82, 2.24) is 12.3 Å². The molecule has 0 saturated heterocycles. The van der Waals surface area contributed by atoms with Gasteiger partial charge >= 0.3 is 10.4 Å². The van der Waals surface area contributed by atoms with E-state index in [1.165, 1.54) is 19.3 Å². The molecule has 16 heavy (non-hydrogen) atoms. The Balaban J connectivity index is -0.0000000904. The first-order valence-electron chi connectivity index (χ1n) is 4.30. The first-order valence-corrected chi connectivity index (χ1v) is 5.70. The lowest BCUT2D eigenvalue weighted by Gasteiger charge is -1.97. The van der Waals surface area contributed by atoms with E-state index in [2.05, 4.69) is 13.5 Å². The molecule has 0 atom stereocenters. The van der Waals surface area contributed by atoms with Gasteiger partial charge in [-0.05, 0) is 6.42 Å². The van der Waals surface area contributed by atoms with Crippen LogP contribution in [0.15, 0.2) is 12.7 Å². The summed E-state index contributed by atoms with van der Waals surface area (Å²) in [5.74, 6) is 0. The molecule has 0 unspecified atom stereocenters. The van der Waals surface area contributed by atoms with Crippen LogP contribution in [0.2, 0.25) is 0 Å². The van der Waals surface area contributed by atoms with E-state index in [1.54, 1.807) is 6.08 Å². The molecule has 0 aliphatic rings. The predicted octanol–water partition coefficient (Wildman–Crippen LogP) is 2.05. The summed E-state index contributed by atoms with van der Waals surface area (Å²) < 4.78 is 36.8. The summed E-state index contributed by atoms with van der Waals surface area (Å²) in [6.45, 7) is 7.33. The van der Waals surface area contributed by atoms with Crippen LogP contribution in [0.25, 0.3) is 0 Å². The Hall–Kier alpha value is -0.510. The molecule has 0 heterocycles. The summed E-state index contributed by atoms with van der Waals surface area (Å²) in [5.41, 5.74) is 0. The van der Waals surface area contributed by atoms with Crippen LogP contribution in [0.1, 0.15) is 26.2 Å². The molecule has 0 fully saturated rings. The van der Waals surface area contributed by atoms with E-state index in [0.29, 0.717) is 6.61 Å². The minimum atomic E-state index is -4.67. The Kier molecular flexibility index (Phi) is 26.0. The highest BCUT2D eigenvalue weighted by molar-refractivity contribution is 7.79. The van der Waals surface area contributed by atoms with Crippen LogP contribution in [0.4, 0.5) is 0 Å². The Bertz CT molecular complexity index is 210. The summed E-state index contributed by atoms with van der Waals surface area (Å²) in [7, 11) is -4.67. The lowest BCUT2D eigenvalue weighted by Crippen LogP contribution is -1.92. The second-order valence-electron chi connectivity index (χ2n) is 2.52. The fraction of sp³-hybridized carbons (Fsp3) is 0.750. The molecular weight excluding hydrogens is 236 g/mol. The third-order valence-corrected chi connectivity index (χ3v) is 1.13. The molecule has 0 aromatic carbocycles. The van der Waals surface area contributed by atoms with Crippen molar-refractivity contribution in [2.75, 3.05) is 13.2 Å². The zero-order chi connectivity index (χ0) is 11.4. The van der Waals surface area contributed by atoms with Gasteiger partial charge in [-0.25, -0.2) is 0 Å². The van der Waals surface area contributed by atoms with Crippen molar-refractivity contribution in [2.45, 2.75) is 26.2 Å². The summed E-state index contributed by atoms with van der Waals surface area (Å²) in [6.07, 6.45) is 5.50. The summed E-state index contributed by atoms with van der Waals surface area (Å²) in [5, 5.41) is 0. The van der Waals surface area contributed by atoms with E-state index in [4.69, 9.17) is 22.3 Å². The Morgan fingerprint density at radius 3 is 2.00 bits per heavy atom. The lowest BCUT2D eigenvalue weighted by atomic mass is 10.3. The van der Waals surface area contributed by atoms with Gasteiger partial charge in [0.25, 0.3) is 0 Å². The molecule has 0 bridgehead atoms. The number of hydrogen-bond acceptors (Lipinski definition) is 5. The van der Waals surface area contributed by atoms with Gasteiger partial charge in [-0.1, -0.05) is 25.8 Å². The molecule has 7 nitrogen and oxygen atoms in total. The number of hydrogen-bond donors (Lipinski definition) is 4. The van der Waals surface area contributed by atoms with Crippen LogP contribution in [-0.4, -0.2) is 30.7 Å². The predicted molar refractivity (Wildman–Crippen MR) is 64.8 cm³/mol. The van der Waals surface area contributed by atoms with Gasteiger partial charge in [0.1, 0.15) is 0 Å². The highest BCUT2D eigenvalue weighted by Gasteiger charge is 1.84. The quantitative estimate of drug-likeness (QED) is 0.323. The van der Waals surface area contributed by atoms with Gasteiger partial charge in [-0.3, -0.25) is 9.11 Å². The zero-order valence-corrected chi connectivity index (χ0v) is 10.6. The Morgan fingerprint density at radius 1 is 1.25 bits per heavy atom.